The number of nitrogens with zero attached hydrogens (tertiary/aromatic N) is 1. The largest absolute Gasteiger partial charge is 0.399 e. The fourth-order valence-electron chi connectivity index (χ4n) is 1.56. The summed E-state index contributed by atoms with van der Waals surface area (Å²) in [4.78, 5) is 2.33. The second-order valence-electron chi connectivity index (χ2n) is 4.77. The van der Waals surface area contributed by atoms with Crippen LogP contribution in [0.25, 0.3) is 0 Å². The lowest BCUT2D eigenvalue weighted by molar-refractivity contribution is 0.303. The molecule has 0 fully saturated rings. The first-order chi connectivity index (χ1) is 7.49. The third kappa shape index (κ3) is 4.54. The Kier molecular flexibility index (Phi) is 5.29. The number of benzene rings is 1. The highest BCUT2D eigenvalue weighted by atomic mass is 79.9. The molecule has 1 rings (SSSR count). The van der Waals surface area contributed by atoms with Crippen LogP contribution < -0.4 is 5.73 Å². The number of hydrogen-bond acceptors (Lipinski definition) is 2. The van der Waals surface area contributed by atoms with Crippen LogP contribution in [0.3, 0.4) is 0 Å². The van der Waals surface area contributed by atoms with E-state index in [2.05, 4.69) is 41.7 Å². The predicted octanol–water partition coefficient (Wildman–Crippen LogP) is 3.51. The number of nitrogens with two attached hydrogens (primary N) is 1. The molecule has 0 spiro atoms. The normalized spacial score (nSPS) is 11.4. The highest BCUT2D eigenvalue weighted by molar-refractivity contribution is 9.10. The molecule has 1 aromatic carbocycles. The van der Waals surface area contributed by atoms with E-state index in [0.717, 1.165) is 29.2 Å². The van der Waals surface area contributed by atoms with Crippen LogP contribution in [0.2, 0.25) is 0 Å². The van der Waals surface area contributed by atoms with Gasteiger partial charge in [-0.15, -0.1) is 0 Å². The van der Waals surface area contributed by atoms with Crippen molar-refractivity contribution >= 4 is 21.6 Å². The highest BCUT2D eigenvalue weighted by Gasteiger charge is 2.05. The van der Waals surface area contributed by atoms with Crippen molar-refractivity contribution in [1.82, 2.24) is 4.90 Å². The Bertz CT molecular complexity index is 337. The van der Waals surface area contributed by atoms with Gasteiger partial charge >= 0.3 is 0 Å². The minimum absolute atomic E-state index is 0.756. The van der Waals surface area contributed by atoms with E-state index in [1.165, 1.54) is 12.0 Å². The highest BCUT2D eigenvalue weighted by Crippen LogP contribution is 2.21. The molecule has 0 radical (unpaired) electrons. The average Bonchev–Trinajstić information content (AvgIpc) is 2.20. The van der Waals surface area contributed by atoms with E-state index in [0.29, 0.717) is 0 Å². The van der Waals surface area contributed by atoms with Gasteiger partial charge in [0.25, 0.3) is 0 Å². The van der Waals surface area contributed by atoms with Crippen molar-refractivity contribution in [3.8, 4) is 0 Å². The fourth-order valence-corrected chi connectivity index (χ4v) is 1.94. The second-order valence-corrected chi connectivity index (χ2v) is 5.63. The van der Waals surface area contributed by atoms with Gasteiger partial charge in [0.1, 0.15) is 0 Å². The summed E-state index contributed by atoms with van der Waals surface area (Å²) in [5.74, 6) is 0.756. The van der Waals surface area contributed by atoms with E-state index in [1.807, 2.05) is 18.2 Å². The molecular formula is C13H21BrN2. The molecule has 0 atom stereocenters. The van der Waals surface area contributed by atoms with Crippen LogP contribution in [0.15, 0.2) is 22.7 Å². The summed E-state index contributed by atoms with van der Waals surface area (Å²) in [5, 5.41) is 0. The molecule has 0 aliphatic rings. The Morgan fingerprint density at radius 3 is 2.69 bits per heavy atom. The zero-order valence-electron chi connectivity index (χ0n) is 10.3. The van der Waals surface area contributed by atoms with Crippen molar-refractivity contribution in [2.45, 2.75) is 26.8 Å². The first-order valence-electron chi connectivity index (χ1n) is 5.71. The van der Waals surface area contributed by atoms with Gasteiger partial charge < -0.3 is 10.6 Å². The first-order valence-corrected chi connectivity index (χ1v) is 6.50. The zero-order valence-corrected chi connectivity index (χ0v) is 11.9. The lowest BCUT2D eigenvalue weighted by atomic mass is 10.1. The fraction of sp³-hybridized carbons (Fsp3) is 0.538. The molecular weight excluding hydrogens is 264 g/mol. The van der Waals surface area contributed by atoms with Crippen LogP contribution in [0, 0.1) is 5.92 Å². The maximum atomic E-state index is 5.79. The molecule has 0 heterocycles. The van der Waals surface area contributed by atoms with Crippen molar-refractivity contribution in [1.29, 1.82) is 0 Å². The van der Waals surface area contributed by atoms with Crippen LogP contribution >= 0.6 is 15.9 Å². The van der Waals surface area contributed by atoms with Crippen LogP contribution in [-0.2, 0) is 6.54 Å². The molecule has 90 valence electrons. The lowest BCUT2D eigenvalue weighted by Gasteiger charge is -2.18. The Hall–Kier alpha value is -0.540. The Balaban J connectivity index is 2.55. The predicted molar refractivity (Wildman–Crippen MR) is 74.3 cm³/mol. The number of rotatable bonds is 5. The molecule has 0 aromatic heterocycles. The van der Waals surface area contributed by atoms with E-state index in [1.54, 1.807) is 0 Å². The van der Waals surface area contributed by atoms with Gasteiger partial charge in [-0.1, -0.05) is 29.8 Å². The van der Waals surface area contributed by atoms with E-state index < -0.39 is 0 Å². The van der Waals surface area contributed by atoms with Gasteiger partial charge in [-0.3, -0.25) is 0 Å². The molecule has 0 unspecified atom stereocenters. The van der Waals surface area contributed by atoms with E-state index in [-0.39, 0.29) is 0 Å². The summed E-state index contributed by atoms with van der Waals surface area (Å²) in [6, 6.07) is 5.97. The standard InChI is InChI=1S/C13H21BrN2/c1-10(2)6-7-16(3)9-11-8-12(15)4-5-13(11)14/h4-5,8,10H,6-7,9,15H2,1-3H3. The van der Waals surface area contributed by atoms with Crippen molar-refractivity contribution in [3.05, 3.63) is 28.2 Å². The summed E-state index contributed by atoms with van der Waals surface area (Å²) in [6.45, 7) is 6.58. The minimum atomic E-state index is 0.756. The van der Waals surface area contributed by atoms with Crippen LogP contribution in [0.1, 0.15) is 25.8 Å². The Labute approximate surface area is 107 Å². The summed E-state index contributed by atoms with van der Waals surface area (Å²) in [5.41, 5.74) is 7.87. The summed E-state index contributed by atoms with van der Waals surface area (Å²) in [7, 11) is 2.15. The molecule has 0 aliphatic carbocycles. The van der Waals surface area contributed by atoms with Gasteiger partial charge in [0.2, 0.25) is 0 Å². The Morgan fingerprint density at radius 1 is 1.38 bits per heavy atom. The monoisotopic (exact) mass is 284 g/mol. The lowest BCUT2D eigenvalue weighted by Crippen LogP contribution is -2.20. The second kappa shape index (κ2) is 6.26. The van der Waals surface area contributed by atoms with Gasteiger partial charge in [0, 0.05) is 16.7 Å². The van der Waals surface area contributed by atoms with Crippen molar-refractivity contribution in [2.24, 2.45) is 5.92 Å². The molecule has 2 N–H and O–H groups in total. The van der Waals surface area contributed by atoms with Crippen LogP contribution in [-0.4, -0.2) is 18.5 Å². The van der Waals surface area contributed by atoms with Gasteiger partial charge in [-0.25, -0.2) is 0 Å². The molecule has 0 saturated heterocycles. The summed E-state index contributed by atoms with van der Waals surface area (Å²) < 4.78 is 1.14. The smallest absolute Gasteiger partial charge is 0.0318 e. The average molecular weight is 285 g/mol. The molecule has 0 amide bonds. The summed E-state index contributed by atoms with van der Waals surface area (Å²) in [6.07, 6.45) is 1.23. The first kappa shape index (κ1) is 13.5. The zero-order chi connectivity index (χ0) is 12.1. The van der Waals surface area contributed by atoms with Crippen molar-refractivity contribution in [3.63, 3.8) is 0 Å². The number of anilines is 1. The summed E-state index contributed by atoms with van der Waals surface area (Å²) >= 11 is 3.56. The molecule has 0 aliphatic heterocycles. The van der Waals surface area contributed by atoms with Crippen molar-refractivity contribution in [2.75, 3.05) is 19.3 Å². The molecule has 3 heteroatoms. The molecule has 2 nitrogen and oxygen atoms in total. The van der Waals surface area contributed by atoms with Gasteiger partial charge in [-0.2, -0.15) is 0 Å². The maximum absolute atomic E-state index is 5.79. The quantitative estimate of drug-likeness (QED) is 0.839. The number of halogens is 1. The van der Waals surface area contributed by atoms with Gasteiger partial charge in [0.15, 0.2) is 0 Å². The minimum Gasteiger partial charge on any atom is -0.399 e. The van der Waals surface area contributed by atoms with E-state index in [4.69, 9.17) is 5.73 Å². The molecule has 0 bridgehead atoms. The molecule has 16 heavy (non-hydrogen) atoms. The van der Waals surface area contributed by atoms with Crippen LogP contribution in [0.5, 0.6) is 0 Å². The van der Waals surface area contributed by atoms with Crippen LogP contribution in [0.4, 0.5) is 5.69 Å². The van der Waals surface area contributed by atoms with E-state index >= 15 is 0 Å². The number of nitrogen functional groups attached to an aromatic ring is 1. The van der Waals surface area contributed by atoms with Gasteiger partial charge in [-0.05, 0) is 49.7 Å². The van der Waals surface area contributed by atoms with E-state index in [9.17, 15) is 0 Å². The topological polar surface area (TPSA) is 29.3 Å². The third-order valence-corrected chi connectivity index (χ3v) is 3.37. The Morgan fingerprint density at radius 2 is 2.06 bits per heavy atom. The maximum Gasteiger partial charge on any atom is 0.0318 e. The molecule has 1 aromatic rings. The number of hydrogen-bond donors (Lipinski definition) is 1. The third-order valence-electron chi connectivity index (χ3n) is 2.60. The molecule has 0 saturated carbocycles. The van der Waals surface area contributed by atoms with Crippen molar-refractivity contribution < 1.29 is 0 Å². The SMILES string of the molecule is CC(C)CCN(C)Cc1cc(N)ccc1Br. The van der Waals surface area contributed by atoms with Gasteiger partial charge in [0.05, 0.1) is 0 Å².